The van der Waals surface area contributed by atoms with Crippen LogP contribution in [0.3, 0.4) is 0 Å². The van der Waals surface area contributed by atoms with E-state index in [1.165, 1.54) is 25.7 Å². The maximum atomic E-state index is 11.9. The van der Waals surface area contributed by atoms with Gasteiger partial charge in [0.1, 0.15) is 0 Å². The molecule has 0 aromatic carbocycles. The lowest BCUT2D eigenvalue weighted by atomic mass is 9.58. The van der Waals surface area contributed by atoms with E-state index >= 15 is 0 Å². The molecule has 0 bridgehead atoms. The van der Waals surface area contributed by atoms with Crippen molar-refractivity contribution in [2.75, 3.05) is 13.1 Å². The summed E-state index contributed by atoms with van der Waals surface area (Å²) in [5.41, 5.74) is 0.607. The average molecular weight is 333 g/mol. The van der Waals surface area contributed by atoms with Gasteiger partial charge in [-0.25, -0.2) is 0 Å². The molecule has 3 fully saturated rings. The van der Waals surface area contributed by atoms with Crippen molar-refractivity contribution in [3.63, 3.8) is 0 Å². The molecule has 1 aliphatic heterocycles. The molecule has 0 N–H and O–H groups in total. The lowest BCUT2D eigenvalue weighted by molar-refractivity contribution is -0.136. The molecular formula is C13H20INO. The minimum absolute atomic E-state index is 0.408. The Labute approximate surface area is 111 Å². The average Bonchev–Trinajstić information content (AvgIpc) is 2.98. The largest absolute Gasteiger partial charge is 0.342 e. The van der Waals surface area contributed by atoms with Crippen LogP contribution >= 0.6 is 22.6 Å². The van der Waals surface area contributed by atoms with E-state index in [1.54, 1.807) is 0 Å². The summed E-state index contributed by atoms with van der Waals surface area (Å²) in [5.74, 6) is 0.858. The number of alkyl halides is 1. The van der Waals surface area contributed by atoms with Gasteiger partial charge in [-0.3, -0.25) is 4.79 Å². The van der Waals surface area contributed by atoms with Gasteiger partial charge in [0, 0.05) is 22.4 Å². The van der Waals surface area contributed by atoms with Crippen molar-refractivity contribution >= 4 is 28.5 Å². The number of carbonyl (C=O) groups is 1. The van der Waals surface area contributed by atoms with E-state index in [0.29, 0.717) is 20.7 Å². The highest BCUT2D eigenvalue weighted by atomic mass is 127. The Kier molecular flexibility index (Phi) is 2.54. The van der Waals surface area contributed by atoms with Crippen molar-refractivity contribution in [3.8, 4) is 0 Å². The molecule has 3 rings (SSSR count). The Bertz CT molecular complexity index is 304. The van der Waals surface area contributed by atoms with Crippen LogP contribution in [0.1, 0.15) is 45.4 Å². The zero-order valence-corrected chi connectivity index (χ0v) is 12.1. The van der Waals surface area contributed by atoms with Crippen molar-refractivity contribution in [2.45, 2.75) is 48.9 Å². The van der Waals surface area contributed by atoms with Crippen molar-refractivity contribution in [1.29, 1.82) is 0 Å². The van der Waals surface area contributed by atoms with E-state index in [4.69, 9.17) is 0 Å². The molecule has 0 aromatic rings. The van der Waals surface area contributed by atoms with E-state index < -0.39 is 0 Å². The molecule has 1 saturated heterocycles. The predicted octanol–water partition coefficient (Wildman–Crippen LogP) is 2.99. The molecule has 0 unspecified atom stereocenters. The Hall–Kier alpha value is 0.200. The summed E-state index contributed by atoms with van der Waals surface area (Å²) in [7, 11) is 0. The first-order chi connectivity index (χ1) is 7.50. The molecule has 90 valence electrons. The minimum atomic E-state index is 0.408. The molecule has 0 radical (unpaired) electrons. The van der Waals surface area contributed by atoms with Crippen LogP contribution < -0.4 is 0 Å². The third-order valence-corrected chi connectivity index (χ3v) is 5.31. The van der Waals surface area contributed by atoms with Crippen LogP contribution in [0.2, 0.25) is 0 Å². The van der Waals surface area contributed by atoms with E-state index in [2.05, 4.69) is 34.4 Å². The van der Waals surface area contributed by atoms with E-state index in [-0.39, 0.29) is 0 Å². The third kappa shape index (κ3) is 2.00. The van der Waals surface area contributed by atoms with Crippen LogP contribution in [-0.2, 0) is 4.79 Å². The van der Waals surface area contributed by atoms with Crippen LogP contribution in [0.4, 0.5) is 0 Å². The lowest BCUT2D eigenvalue weighted by Crippen LogP contribution is -2.53. The summed E-state index contributed by atoms with van der Waals surface area (Å²) in [6, 6.07) is 0. The Morgan fingerprint density at radius 3 is 2.25 bits per heavy atom. The van der Waals surface area contributed by atoms with E-state index in [1.807, 2.05) is 0 Å². The van der Waals surface area contributed by atoms with Crippen molar-refractivity contribution in [2.24, 2.45) is 11.3 Å². The molecule has 3 heteroatoms. The van der Waals surface area contributed by atoms with Gasteiger partial charge >= 0.3 is 0 Å². The van der Waals surface area contributed by atoms with E-state index in [9.17, 15) is 4.79 Å². The van der Waals surface area contributed by atoms with Gasteiger partial charge in [-0.2, -0.15) is 0 Å². The molecule has 0 atom stereocenters. The number of halogens is 1. The second kappa shape index (κ2) is 3.59. The molecule has 2 nitrogen and oxygen atoms in total. The van der Waals surface area contributed by atoms with Gasteiger partial charge in [0.2, 0.25) is 5.91 Å². The first-order valence-corrected chi connectivity index (χ1v) is 7.55. The highest BCUT2D eigenvalue weighted by molar-refractivity contribution is 14.1. The number of likely N-dealkylation sites (tertiary alicyclic amines) is 1. The van der Waals surface area contributed by atoms with Gasteiger partial charge in [-0.05, 0) is 43.9 Å². The summed E-state index contributed by atoms with van der Waals surface area (Å²) in [5, 5.41) is 0. The summed E-state index contributed by atoms with van der Waals surface area (Å²) in [6.45, 7) is 4.42. The van der Waals surface area contributed by atoms with Gasteiger partial charge in [0.05, 0.1) is 0 Å². The fourth-order valence-electron chi connectivity index (χ4n) is 3.66. The Balaban J connectivity index is 1.54. The number of amides is 1. The first kappa shape index (κ1) is 11.3. The Morgan fingerprint density at radius 2 is 1.81 bits per heavy atom. The molecule has 1 spiro atoms. The van der Waals surface area contributed by atoms with Crippen molar-refractivity contribution in [1.82, 2.24) is 4.90 Å². The zero-order valence-electron chi connectivity index (χ0n) is 9.97. The molecule has 1 heterocycles. The monoisotopic (exact) mass is 333 g/mol. The van der Waals surface area contributed by atoms with E-state index in [0.717, 1.165) is 25.9 Å². The fourth-order valence-corrected chi connectivity index (χ4v) is 5.27. The summed E-state index contributed by atoms with van der Waals surface area (Å²) < 4.78 is 0.542. The molecule has 16 heavy (non-hydrogen) atoms. The number of carbonyl (C=O) groups excluding carboxylic acids is 1. The topological polar surface area (TPSA) is 20.3 Å². The number of hydrogen-bond donors (Lipinski definition) is 0. The maximum Gasteiger partial charge on any atom is 0.225 e. The number of nitrogens with zero attached hydrogens (tertiary/aromatic N) is 1. The number of rotatable bonds is 1. The van der Waals surface area contributed by atoms with Crippen molar-refractivity contribution in [3.05, 3.63) is 0 Å². The second-order valence-electron chi connectivity index (χ2n) is 6.37. The van der Waals surface area contributed by atoms with Gasteiger partial charge in [0.15, 0.2) is 0 Å². The van der Waals surface area contributed by atoms with Crippen LogP contribution in [0.15, 0.2) is 0 Å². The zero-order chi connectivity index (χ0) is 11.4. The highest BCUT2D eigenvalue weighted by Crippen LogP contribution is 2.58. The fraction of sp³-hybridized carbons (Fsp3) is 0.923. The van der Waals surface area contributed by atoms with Crippen molar-refractivity contribution < 1.29 is 4.79 Å². The molecule has 3 aliphatic rings. The molecular weight excluding hydrogens is 313 g/mol. The standard InChI is InChI=1S/C13H20INO/c1-12(14)8-13(9-12)4-6-15(7-5-13)11(16)10-2-3-10/h10H,2-9H2,1H3. The van der Waals surface area contributed by atoms with Crippen LogP contribution in [-0.4, -0.2) is 27.3 Å². The third-order valence-electron chi connectivity index (χ3n) is 4.55. The predicted molar refractivity (Wildman–Crippen MR) is 72.6 cm³/mol. The highest BCUT2D eigenvalue weighted by Gasteiger charge is 2.51. The van der Waals surface area contributed by atoms with Gasteiger partial charge in [-0.15, -0.1) is 0 Å². The number of hydrogen-bond acceptors (Lipinski definition) is 1. The minimum Gasteiger partial charge on any atom is -0.342 e. The molecule has 1 amide bonds. The second-order valence-corrected chi connectivity index (χ2v) is 8.97. The first-order valence-electron chi connectivity index (χ1n) is 6.48. The van der Waals surface area contributed by atoms with Crippen LogP contribution in [0.5, 0.6) is 0 Å². The molecule has 2 aliphatic carbocycles. The number of piperidine rings is 1. The van der Waals surface area contributed by atoms with Gasteiger partial charge < -0.3 is 4.90 Å². The van der Waals surface area contributed by atoms with Gasteiger partial charge in [0.25, 0.3) is 0 Å². The molecule has 0 aromatic heterocycles. The smallest absolute Gasteiger partial charge is 0.225 e. The van der Waals surface area contributed by atoms with Crippen LogP contribution in [0, 0.1) is 11.3 Å². The quantitative estimate of drug-likeness (QED) is 0.534. The summed E-state index contributed by atoms with van der Waals surface area (Å²) in [4.78, 5) is 14.1. The normalized spacial score (nSPS) is 31.2. The van der Waals surface area contributed by atoms with Gasteiger partial charge in [-0.1, -0.05) is 29.5 Å². The summed E-state index contributed by atoms with van der Waals surface area (Å²) in [6.07, 6.45) is 7.53. The maximum absolute atomic E-state index is 11.9. The Morgan fingerprint density at radius 1 is 1.25 bits per heavy atom. The summed E-state index contributed by atoms with van der Waals surface area (Å²) >= 11 is 2.60. The molecule has 2 saturated carbocycles. The SMILES string of the molecule is CC1(I)CC2(CCN(C(=O)C3CC3)CC2)C1. The lowest BCUT2D eigenvalue weighted by Gasteiger charge is -2.55. The van der Waals surface area contributed by atoms with Crippen LogP contribution in [0.25, 0.3) is 0 Å².